The van der Waals surface area contributed by atoms with Crippen LogP contribution in [0.2, 0.25) is 0 Å². The number of para-hydroxylation sites is 1. The van der Waals surface area contributed by atoms with Gasteiger partial charge in [0.05, 0.1) is 5.92 Å². The molecule has 160 valence electrons. The number of carboxylic acid groups (broad SMARTS) is 1. The molecule has 0 bridgehead atoms. The fraction of sp³-hybridized carbons (Fsp3) is 0.588. The van der Waals surface area contributed by atoms with Crippen LogP contribution in [-0.2, 0) is 11.2 Å². The van der Waals surface area contributed by atoms with E-state index in [1.54, 1.807) is 6.92 Å². The standard InChI is InChI=1S/C17H21F6NO4/c1-2-10(8-12(9-24)15(25)26)6-7-11-4-3-5-13(27-16(18,19)20)14(11)28-17(21,22)23/h3-5,10,12H,2,6-9,24H2,1H3,(H,25,26). The van der Waals surface area contributed by atoms with Crippen LogP contribution in [0.4, 0.5) is 26.3 Å². The minimum atomic E-state index is -5.21. The van der Waals surface area contributed by atoms with E-state index in [-0.39, 0.29) is 37.3 Å². The van der Waals surface area contributed by atoms with E-state index in [1.807, 2.05) is 0 Å². The van der Waals surface area contributed by atoms with Gasteiger partial charge in [0.2, 0.25) is 0 Å². The van der Waals surface area contributed by atoms with Gasteiger partial charge in [-0.15, -0.1) is 26.3 Å². The molecule has 0 fully saturated rings. The molecule has 28 heavy (non-hydrogen) atoms. The molecule has 0 aliphatic carbocycles. The topological polar surface area (TPSA) is 81.8 Å². The predicted molar refractivity (Wildman–Crippen MR) is 86.7 cm³/mol. The second-order valence-electron chi connectivity index (χ2n) is 6.16. The molecule has 0 heterocycles. The Balaban J connectivity index is 3.04. The molecule has 2 atom stereocenters. The van der Waals surface area contributed by atoms with Crippen molar-refractivity contribution in [1.82, 2.24) is 0 Å². The van der Waals surface area contributed by atoms with Gasteiger partial charge >= 0.3 is 18.7 Å². The van der Waals surface area contributed by atoms with E-state index in [1.165, 1.54) is 6.07 Å². The van der Waals surface area contributed by atoms with Crippen molar-refractivity contribution in [2.45, 2.75) is 45.3 Å². The van der Waals surface area contributed by atoms with E-state index in [2.05, 4.69) is 9.47 Å². The number of carbonyl (C=O) groups is 1. The molecule has 11 heteroatoms. The molecule has 1 rings (SSSR count). The number of nitrogens with two attached hydrogens (primary N) is 1. The molecular weight excluding hydrogens is 396 g/mol. The number of carboxylic acids is 1. The van der Waals surface area contributed by atoms with Crippen LogP contribution in [0.25, 0.3) is 0 Å². The number of hydrogen-bond acceptors (Lipinski definition) is 4. The van der Waals surface area contributed by atoms with Gasteiger partial charge in [-0.1, -0.05) is 25.5 Å². The summed E-state index contributed by atoms with van der Waals surface area (Å²) >= 11 is 0. The zero-order valence-electron chi connectivity index (χ0n) is 14.9. The van der Waals surface area contributed by atoms with E-state index in [0.717, 1.165) is 12.1 Å². The normalized spacial score (nSPS) is 14.4. The number of alkyl halides is 6. The first-order valence-electron chi connectivity index (χ1n) is 8.42. The number of aryl methyl sites for hydroxylation is 1. The summed E-state index contributed by atoms with van der Waals surface area (Å²) in [5.41, 5.74) is 5.28. The van der Waals surface area contributed by atoms with Crippen molar-refractivity contribution in [1.29, 1.82) is 0 Å². The van der Waals surface area contributed by atoms with Gasteiger partial charge in [0.15, 0.2) is 11.5 Å². The lowest BCUT2D eigenvalue weighted by molar-refractivity contribution is -0.287. The molecule has 0 spiro atoms. The molecule has 0 aliphatic heterocycles. The summed E-state index contributed by atoms with van der Waals surface area (Å²) in [5, 5.41) is 9.07. The number of rotatable bonds is 10. The highest BCUT2D eigenvalue weighted by molar-refractivity contribution is 5.70. The summed E-state index contributed by atoms with van der Waals surface area (Å²) in [4.78, 5) is 11.1. The number of halogens is 6. The Labute approximate surface area is 157 Å². The highest BCUT2D eigenvalue weighted by Crippen LogP contribution is 2.39. The van der Waals surface area contributed by atoms with Crippen LogP contribution in [0.5, 0.6) is 11.5 Å². The fourth-order valence-corrected chi connectivity index (χ4v) is 2.74. The largest absolute Gasteiger partial charge is 0.573 e. The van der Waals surface area contributed by atoms with E-state index in [0.29, 0.717) is 6.42 Å². The lowest BCUT2D eigenvalue weighted by atomic mass is 9.88. The smallest absolute Gasteiger partial charge is 0.481 e. The summed E-state index contributed by atoms with van der Waals surface area (Å²) in [5.74, 6) is -4.24. The van der Waals surface area contributed by atoms with Crippen LogP contribution in [-0.4, -0.2) is 30.3 Å². The number of hydrogen-bond donors (Lipinski definition) is 2. The van der Waals surface area contributed by atoms with E-state index in [9.17, 15) is 31.1 Å². The number of benzene rings is 1. The van der Waals surface area contributed by atoms with Crippen molar-refractivity contribution in [3.8, 4) is 11.5 Å². The van der Waals surface area contributed by atoms with Crippen molar-refractivity contribution in [2.75, 3.05) is 6.54 Å². The Morgan fingerprint density at radius 2 is 1.75 bits per heavy atom. The van der Waals surface area contributed by atoms with Crippen molar-refractivity contribution in [3.05, 3.63) is 23.8 Å². The minimum absolute atomic E-state index is 0.0596. The molecule has 2 unspecified atom stereocenters. The maximum absolute atomic E-state index is 12.7. The molecule has 0 aromatic heterocycles. The van der Waals surface area contributed by atoms with Gasteiger partial charge in [-0.25, -0.2) is 0 Å². The van der Waals surface area contributed by atoms with Crippen molar-refractivity contribution >= 4 is 5.97 Å². The second kappa shape index (κ2) is 9.85. The van der Waals surface area contributed by atoms with Gasteiger partial charge in [-0.3, -0.25) is 4.79 Å². The van der Waals surface area contributed by atoms with Crippen LogP contribution in [0, 0.1) is 11.8 Å². The maximum atomic E-state index is 12.7. The van der Waals surface area contributed by atoms with Crippen molar-refractivity contribution in [2.24, 2.45) is 17.6 Å². The lowest BCUT2D eigenvalue weighted by Crippen LogP contribution is -2.26. The Hall–Kier alpha value is -2.17. The SMILES string of the molecule is CCC(CCc1cccc(OC(F)(F)F)c1OC(F)(F)F)CC(CN)C(=O)O. The maximum Gasteiger partial charge on any atom is 0.573 e. The van der Waals surface area contributed by atoms with E-state index < -0.39 is 36.1 Å². The second-order valence-corrected chi connectivity index (χ2v) is 6.16. The van der Waals surface area contributed by atoms with Crippen LogP contribution in [0.3, 0.4) is 0 Å². The fourth-order valence-electron chi connectivity index (χ4n) is 2.74. The average molecular weight is 417 g/mol. The molecule has 3 N–H and O–H groups in total. The summed E-state index contributed by atoms with van der Waals surface area (Å²) < 4.78 is 82.9. The highest BCUT2D eigenvalue weighted by Gasteiger charge is 2.37. The number of aliphatic carboxylic acids is 1. The summed E-state index contributed by atoms with van der Waals surface area (Å²) in [6.45, 7) is 1.68. The predicted octanol–water partition coefficient (Wildman–Crippen LogP) is 4.49. The molecule has 0 saturated carbocycles. The molecular formula is C17H21F6NO4. The summed E-state index contributed by atoms with van der Waals surface area (Å²) in [7, 11) is 0. The Morgan fingerprint density at radius 3 is 2.21 bits per heavy atom. The first kappa shape index (κ1) is 23.9. The summed E-state index contributed by atoms with van der Waals surface area (Å²) in [6.07, 6.45) is -9.49. The monoisotopic (exact) mass is 417 g/mol. The Bertz CT molecular complexity index is 648. The highest BCUT2D eigenvalue weighted by atomic mass is 19.4. The van der Waals surface area contributed by atoms with Crippen LogP contribution in [0.15, 0.2) is 18.2 Å². The van der Waals surface area contributed by atoms with Crippen molar-refractivity contribution < 1.29 is 45.7 Å². The van der Waals surface area contributed by atoms with Crippen LogP contribution < -0.4 is 15.2 Å². The molecule has 5 nitrogen and oxygen atoms in total. The molecule has 0 radical (unpaired) electrons. The third kappa shape index (κ3) is 8.24. The van der Waals surface area contributed by atoms with E-state index >= 15 is 0 Å². The van der Waals surface area contributed by atoms with Crippen molar-refractivity contribution in [3.63, 3.8) is 0 Å². The zero-order valence-corrected chi connectivity index (χ0v) is 14.9. The van der Waals surface area contributed by atoms with Gasteiger partial charge in [0, 0.05) is 6.54 Å². The Morgan fingerprint density at radius 1 is 1.14 bits per heavy atom. The third-order valence-electron chi connectivity index (χ3n) is 4.15. The number of ether oxygens (including phenoxy) is 2. The Kier molecular flexibility index (Phi) is 8.40. The van der Waals surface area contributed by atoms with E-state index in [4.69, 9.17) is 10.8 Å². The van der Waals surface area contributed by atoms with Gasteiger partial charge in [0.1, 0.15) is 0 Å². The summed E-state index contributed by atoms with van der Waals surface area (Å²) in [6, 6.07) is 3.05. The minimum Gasteiger partial charge on any atom is -0.481 e. The first-order chi connectivity index (χ1) is 12.9. The molecule has 1 aromatic carbocycles. The zero-order chi connectivity index (χ0) is 21.5. The molecule has 0 amide bonds. The molecule has 1 aromatic rings. The van der Waals surface area contributed by atoms with Gasteiger partial charge in [0.25, 0.3) is 0 Å². The van der Waals surface area contributed by atoms with Crippen LogP contribution in [0.1, 0.15) is 31.7 Å². The molecule has 0 saturated heterocycles. The lowest BCUT2D eigenvalue weighted by Gasteiger charge is -2.21. The average Bonchev–Trinajstić information content (AvgIpc) is 2.54. The van der Waals surface area contributed by atoms with Gasteiger partial charge < -0.3 is 20.3 Å². The van der Waals surface area contributed by atoms with Gasteiger partial charge in [-0.05, 0) is 36.8 Å². The first-order valence-corrected chi connectivity index (χ1v) is 8.42. The quantitative estimate of drug-likeness (QED) is 0.548. The molecule has 0 aliphatic rings. The third-order valence-corrected chi connectivity index (χ3v) is 4.15. The van der Waals surface area contributed by atoms with Gasteiger partial charge in [-0.2, -0.15) is 0 Å². The van der Waals surface area contributed by atoms with Crippen LogP contribution >= 0.6 is 0 Å².